The zero-order chi connectivity index (χ0) is 11.5. The van der Waals surface area contributed by atoms with E-state index in [1.807, 2.05) is 5.32 Å². The quantitative estimate of drug-likeness (QED) is 0.859. The van der Waals surface area contributed by atoms with Crippen molar-refractivity contribution in [2.24, 2.45) is 0 Å². The van der Waals surface area contributed by atoms with E-state index in [0.717, 1.165) is 0 Å². The van der Waals surface area contributed by atoms with Crippen LogP contribution in [0.2, 0.25) is 5.15 Å². The van der Waals surface area contributed by atoms with Crippen LogP contribution >= 0.6 is 11.6 Å². The van der Waals surface area contributed by atoms with Gasteiger partial charge in [0.05, 0.1) is 0 Å². The Kier molecular flexibility index (Phi) is 3.46. The second-order valence-corrected chi connectivity index (χ2v) is 2.89. The maximum absolute atomic E-state index is 11.8. The van der Waals surface area contributed by atoms with Crippen molar-refractivity contribution in [3.05, 3.63) is 17.5 Å². The molecule has 0 saturated heterocycles. The first kappa shape index (κ1) is 11.7. The van der Waals surface area contributed by atoms with Gasteiger partial charge in [0.2, 0.25) is 5.91 Å². The molecule has 82 valence electrons. The average molecular weight is 240 g/mol. The van der Waals surface area contributed by atoms with Crippen molar-refractivity contribution in [3.63, 3.8) is 0 Å². The van der Waals surface area contributed by atoms with E-state index in [9.17, 15) is 18.0 Å². The van der Waals surface area contributed by atoms with Gasteiger partial charge in [-0.3, -0.25) is 4.79 Å². The summed E-state index contributed by atoms with van der Waals surface area (Å²) in [5.74, 6) is -1.42. The summed E-state index contributed by atoms with van der Waals surface area (Å²) in [6, 6.07) is 0. The van der Waals surface area contributed by atoms with Gasteiger partial charge in [-0.25, -0.2) is 9.97 Å². The largest absolute Gasteiger partial charge is 0.397 e. The Morgan fingerprint density at radius 1 is 1.40 bits per heavy atom. The molecule has 0 spiro atoms. The molecule has 0 aliphatic rings. The predicted molar refractivity (Wildman–Crippen MR) is 46.3 cm³/mol. The van der Waals surface area contributed by atoms with Crippen LogP contribution in [0.5, 0.6) is 0 Å². The molecule has 1 amide bonds. The number of nitrogens with one attached hydrogen (secondary N) is 1. The molecule has 0 bridgehead atoms. The van der Waals surface area contributed by atoms with E-state index in [1.165, 1.54) is 12.4 Å². The number of carbonyl (C=O) groups excluding carboxylic acids is 1. The second kappa shape index (κ2) is 4.43. The van der Waals surface area contributed by atoms with E-state index in [1.54, 1.807) is 0 Å². The van der Waals surface area contributed by atoms with Crippen LogP contribution in [0.4, 0.5) is 19.0 Å². The molecule has 0 saturated carbocycles. The summed E-state index contributed by atoms with van der Waals surface area (Å²) in [5.41, 5.74) is 0. The standard InChI is InChI=1S/C7H5ClF3N3O/c8-5-6(13-2-1-12-5)14-4(15)3-7(9,10)11/h1-2H,3H2,(H,13,14,15). The summed E-state index contributed by atoms with van der Waals surface area (Å²) in [6.07, 6.45) is -3.69. The number of rotatable bonds is 2. The van der Waals surface area contributed by atoms with Crippen LogP contribution in [0.3, 0.4) is 0 Å². The van der Waals surface area contributed by atoms with Crippen molar-refractivity contribution in [2.75, 3.05) is 5.32 Å². The van der Waals surface area contributed by atoms with Crippen LogP contribution in [-0.2, 0) is 4.79 Å². The SMILES string of the molecule is O=C(CC(F)(F)F)Nc1nccnc1Cl. The minimum atomic E-state index is -4.56. The van der Waals surface area contributed by atoms with E-state index in [0.29, 0.717) is 0 Å². The maximum atomic E-state index is 11.8. The van der Waals surface area contributed by atoms with Crippen LogP contribution in [-0.4, -0.2) is 22.1 Å². The monoisotopic (exact) mass is 239 g/mol. The third-order valence-electron chi connectivity index (χ3n) is 1.27. The van der Waals surface area contributed by atoms with Gasteiger partial charge >= 0.3 is 6.18 Å². The molecular formula is C7H5ClF3N3O. The van der Waals surface area contributed by atoms with Crippen molar-refractivity contribution in [1.82, 2.24) is 9.97 Å². The number of alkyl halides is 3. The molecule has 8 heteroatoms. The molecular weight excluding hydrogens is 235 g/mol. The molecule has 1 N–H and O–H groups in total. The van der Waals surface area contributed by atoms with E-state index in [4.69, 9.17) is 11.6 Å². The first-order valence-corrected chi connectivity index (χ1v) is 4.09. The fourth-order valence-corrected chi connectivity index (χ4v) is 0.916. The second-order valence-electron chi connectivity index (χ2n) is 2.54. The molecule has 0 fully saturated rings. The molecule has 1 rings (SSSR count). The predicted octanol–water partition coefficient (Wildman–Crippen LogP) is 2.02. The Morgan fingerprint density at radius 3 is 2.53 bits per heavy atom. The Bertz CT molecular complexity index is 369. The summed E-state index contributed by atoms with van der Waals surface area (Å²) in [7, 11) is 0. The number of aromatic nitrogens is 2. The van der Waals surface area contributed by atoms with Crippen molar-refractivity contribution < 1.29 is 18.0 Å². The molecule has 0 unspecified atom stereocenters. The number of nitrogens with zero attached hydrogens (tertiary/aromatic N) is 2. The van der Waals surface area contributed by atoms with Crippen LogP contribution in [0.25, 0.3) is 0 Å². The molecule has 15 heavy (non-hydrogen) atoms. The van der Waals surface area contributed by atoms with E-state index >= 15 is 0 Å². The highest BCUT2D eigenvalue weighted by Gasteiger charge is 2.31. The molecule has 0 aliphatic carbocycles. The fourth-order valence-electron chi connectivity index (χ4n) is 0.763. The summed E-state index contributed by atoms with van der Waals surface area (Å²) in [4.78, 5) is 17.9. The number of halogens is 4. The van der Waals surface area contributed by atoms with Crippen LogP contribution in [0.15, 0.2) is 12.4 Å². The summed E-state index contributed by atoms with van der Waals surface area (Å²) < 4.78 is 35.3. The Labute approximate surface area is 87.5 Å². The van der Waals surface area contributed by atoms with Gasteiger partial charge in [-0.1, -0.05) is 11.6 Å². The first-order chi connectivity index (χ1) is 6.88. The number of anilines is 1. The zero-order valence-electron chi connectivity index (χ0n) is 7.18. The third kappa shape index (κ3) is 4.11. The Hall–Kier alpha value is -1.37. The molecule has 1 aromatic rings. The zero-order valence-corrected chi connectivity index (χ0v) is 7.93. The molecule has 0 aliphatic heterocycles. The number of hydrogen-bond donors (Lipinski definition) is 1. The van der Waals surface area contributed by atoms with Crippen LogP contribution in [0.1, 0.15) is 6.42 Å². The van der Waals surface area contributed by atoms with Gasteiger partial charge in [-0.15, -0.1) is 0 Å². The van der Waals surface area contributed by atoms with Crippen molar-refractivity contribution >= 4 is 23.3 Å². The van der Waals surface area contributed by atoms with Crippen LogP contribution in [0, 0.1) is 0 Å². The third-order valence-corrected chi connectivity index (χ3v) is 1.55. The van der Waals surface area contributed by atoms with Gasteiger partial charge in [0.1, 0.15) is 6.42 Å². The van der Waals surface area contributed by atoms with Gasteiger partial charge in [0.25, 0.3) is 0 Å². The van der Waals surface area contributed by atoms with E-state index < -0.39 is 18.5 Å². The van der Waals surface area contributed by atoms with E-state index in [2.05, 4.69) is 9.97 Å². The highest BCUT2D eigenvalue weighted by Crippen LogP contribution is 2.21. The highest BCUT2D eigenvalue weighted by molar-refractivity contribution is 6.32. The lowest BCUT2D eigenvalue weighted by Crippen LogP contribution is -2.21. The lowest BCUT2D eigenvalue weighted by atomic mass is 10.4. The van der Waals surface area contributed by atoms with Crippen LogP contribution < -0.4 is 5.32 Å². The van der Waals surface area contributed by atoms with Gasteiger partial charge in [-0.05, 0) is 0 Å². The first-order valence-electron chi connectivity index (χ1n) is 3.71. The molecule has 0 atom stereocenters. The minimum Gasteiger partial charge on any atom is -0.308 e. The molecule has 4 nitrogen and oxygen atoms in total. The topological polar surface area (TPSA) is 54.9 Å². The van der Waals surface area contributed by atoms with Crippen molar-refractivity contribution in [3.8, 4) is 0 Å². The fraction of sp³-hybridized carbons (Fsp3) is 0.286. The average Bonchev–Trinajstić information content (AvgIpc) is 2.05. The van der Waals surface area contributed by atoms with Gasteiger partial charge in [0.15, 0.2) is 11.0 Å². The molecule has 1 aromatic heterocycles. The molecule has 1 heterocycles. The smallest absolute Gasteiger partial charge is 0.308 e. The lowest BCUT2D eigenvalue weighted by molar-refractivity contribution is -0.150. The normalized spacial score (nSPS) is 11.2. The lowest BCUT2D eigenvalue weighted by Gasteiger charge is -2.07. The van der Waals surface area contributed by atoms with E-state index in [-0.39, 0.29) is 11.0 Å². The van der Waals surface area contributed by atoms with Gasteiger partial charge in [0, 0.05) is 12.4 Å². The number of hydrogen-bond acceptors (Lipinski definition) is 3. The molecule has 0 radical (unpaired) electrons. The van der Waals surface area contributed by atoms with Crippen molar-refractivity contribution in [1.29, 1.82) is 0 Å². The summed E-state index contributed by atoms with van der Waals surface area (Å²) in [5, 5.41) is 1.74. The summed E-state index contributed by atoms with van der Waals surface area (Å²) in [6.45, 7) is 0. The highest BCUT2D eigenvalue weighted by atomic mass is 35.5. The van der Waals surface area contributed by atoms with Crippen molar-refractivity contribution in [2.45, 2.75) is 12.6 Å². The maximum Gasteiger partial charge on any atom is 0.397 e. The number of amides is 1. The number of carbonyl (C=O) groups is 1. The Morgan fingerprint density at radius 2 is 2.00 bits per heavy atom. The summed E-state index contributed by atoms with van der Waals surface area (Å²) >= 11 is 5.47. The molecule has 0 aromatic carbocycles. The van der Waals surface area contributed by atoms with Gasteiger partial charge < -0.3 is 5.32 Å². The minimum absolute atomic E-state index is 0.159. The Balaban J connectivity index is 2.64. The van der Waals surface area contributed by atoms with Gasteiger partial charge in [-0.2, -0.15) is 13.2 Å².